The normalized spacial score (nSPS) is 23.4. The van der Waals surface area contributed by atoms with Crippen LogP contribution < -0.4 is 10.0 Å². The Morgan fingerprint density at radius 1 is 0.969 bits per heavy atom. The number of nitrogens with one attached hydrogen (secondary N) is 2. The third-order valence-corrected chi connectivity index (χ3v) is 9.35. The zero-order valence-corrected chi connectivity index (χ0v) is 20.1. The molecule has 0 spiro atoms. The van der Waals surface area contributed by atoms with Crippen LogP contribution in [0.5, 0.6) is 0 Å². The molecule has 2 N–H and O–H groups in total. The van der Waals surface area contributed by atoms with Crippen molar-refractivity contribution >= 4 is 39.3 Å². The van der Waals surface area contributed by atoms with Crippen molar-refractivity contribution in [2.24, 2.45) is 0 Å². The van der Waals surface area contributed by atoms with E-state index in [0.29, 0.717) is 18.8 Å². The monoisotopic (exact) mass is 479 g/mol. The highest BCUT2D eigenvalue weighted by Gasteiger charge is 2.36. The summed E-state index contributed by atoms with van der Waals surface area (Å²) < 4.78 is 28.8. The van der Waals surface area contributed by atoms with Gasteiger partial charge >= 0.3 is 0 Å². The molecule has 4 rings (SSSR count). The molecule has 1 atom stereocenters. The molecule has 1 aromatic rings. The summed E-state index contributed by atoms with van der Waals surface area (Å²) in [6, 6.07) is 4.74. The van der Waals surface area contributed by atoms with E-state index in [1.165, 1.54) is 24.2 Å². The third kappa shape index (κ3) is 5.66. The van der Waals surface area contributed by atoms with Crippen LogP contribution in [0.25, 0.3) is 0 Å². The van der Waals surface area contributed by atoms with Gasteiger partial charge in [-0.05, 0) is 43.9 Å². The van der Waals surface area contributed by atoms with Gasteiger partial charge in [-0.15, -0.1) is 11.8 Å². The number of nitrogens with zero attached hydrogens (tertiary/aromatic N) is 1. The molecule has 9 heteroatoms. The van der Waals surface area contributed by atoms with E-state index in [0.717, 1.165) is 69.1 Å². The maximum absolute atomic E-state index is 13.0. The van der Waals surface area contributed by atoms with Crippen LogP contribution in [-0.4, -0.2) is 49.5 Å². The number of carbonyl (C=O) groups excluding carboxylic acids is 2. The van der Waals surface area contributed by atoms with Crippen LogP contribution >= 0.6 is 11.8 Å². The van der Waals surface area contributed by atoms with Gasteiger partial charge in [-0.1, -0.05) is 44.9 Å². The fraction of sp³-hybridized carbons (Fsp3) is 0.652. The van der Waals surface area contributed by atoms with Gasteiger partial charge in [-0.3, -0.25) is 9.59 Å². The molecule has 2 amide bonds. The van der Waals surface area contributed by atoms with Crippen molar-refractivity contribution in [1.82, 2.24) is 9.62 Å². The number of benzene rings is 1. The second-order valence-electron chi connectivity index (χ2n) is 9.05. The average Bonchev–Trinajstić information content (AvgIpc) is 3.04. The number of fused-ring (bicyclic) bond motifs is 1. The Kier molecular flexibility index (Phi) is 7.78. The van der Waals surface area contributed by atoms with Gasteiger partial charge in [0.05, 0.1) is 10.6 Å². The second kappa shape index (κ2) is 10.6. The quantitative estimate of drug-likeness (QED) is 0.639. The Morgan fingerprint density at radius 3 is 2.28 bits per heavy atom. The van der Waals surface area contributed by atoms with Gasteiger partial charge < -0.3 is 10.2 Å². The second-order valence-corrected chi connectivity index (χ2v) is 11.9. The van der Waals surface area contributed by atoms with Gasteiger partial charge in [0.25, 0.3) is 0 Å². The van der Waals surface area contributed by atoms with E-state index >= 15 is 0 Å². The van der Waals surface area contributed by atoms with Crippen molar-refractivity contribution in [2.75, 3.05) is 18.4 Å². The van der Waals surface area contributed by atoms with Crippen molar-refractivity contribution in [3.8, 4) is 0 Å². The summed E-state index contributed by atoms with van der Waals surface area (Å²) in [7, 11) is -3.68. The minimum absolute atomic E-state index is 0.0454. The fourth-order valence-corrected chi connectivity index (χ4v) is 7.12. The van der Waals surface area contributed by atoms with E-state index in [-0.39, 0.29) is 22.8 Å². The van der Waals surface area contributed by atoms with Gasteiger partial charge in [0, 0.05) is 24.0 Å². The van der Waals surface area contributed by atoms with Crippen LogP contribution in [-0.2, 0) is 19.6 Å². The zero-order chi connectivity index (χ0) is 22.6. The van der Waals surface area contributed by atoms with E-state index in [1.807, 2.05) is 0 Å². The molecule has 1 aromatic carbocycles. The Labute approximate surface area is 195 Å². The molecule has 0 aromatic heterocycles. The molecule has 1 saturated carbocycles. The van der Waals surface area contributed by atoms with Crippen LogP contribution in [0, 0.1) is 0 Å². The van der Waals surface area contributed by atoms with Crippen molar-refractivity contribution in [3.05, 3.63) is 18.2 Å². The number of hydrogen-bond donors (Lipinski definition) is 2. The zero-order valence-electron chi connectivity index (χ0n) is 18.5. The topological polar surface area (TPSA) is 95.6 Å². The fourth-order valence-electron chi connectivity index (χ4n) is 4.74. The Balaban J connectivity index is 1.46. The number of hydrogen-bond acceptors (Lipinski definition) is 5. The lowest BCUT2D eigenvalue weighted by molar-refractivity contribution is -0.133. The first kappa shape index (κ1) is 23.6. The van der Waals surface area contributed by atoms with E-state index in [2.05, 4.69) is 10.0 Å². The van der Waals surface area contributed by atoms with Crippen molar-refractivity contribution in [3.63, 3.8) is 0 Å². The van der Waals surface area contributed by atoms with Gasteiger partial charge in [0.2, 0.25) is 21.8 Å². The summed E-state index contributed by atoms with van der Waals surface area (Å²) in [6.07, 6.45) is 11.5. The molecule has 2 aliphatic heterocycles. The highest BCUT2D eigenvalue weighted by molar-refractivity contribution is 8.01. The summed E-state index contributed by atoms with van der Waals surface area (Å²) in [5.74, 6) is -0.526. The summed E-state index contributed by atoms with van der Waals surface area (Å²) in [5, 5.41) is 1.96. The molecule has 0 radical (unpaired) electrons. The number of amides is 2. The largest absolute Gasteiger partial charge is 0.341 e. The van der Waals surface area contributed by atoms with E-state index in [4.69, 9.17) is 0 Å². The smallest absolute Gasteiger partial charge is 0.247 e. The molecule has 2 fully saturated rings. The number of thioether (sulfide) groups is 1. The Morgan fingerprint density at radius 2 is 1.59 bits per heavy atom. The predicted octanol–water partition coefficient (Wildman–Crippen LogP) is 3.89. The van der Waals surface area contributed by atoms with Gasteiger partial charge in [0.1, 0.15) is 0 Å². The third-order valence-electron chi connectivity index (χ3n) is 6.57. The number of sulfonamides is 1. The van der Waals surface area contributed by atoms with E-state index in [9.17, 15) is 18.0 Å². The minimum atomic E-state index is -3.68. The van der Waals surface area contributed by atoms with Crippen LogP contribution in [0.15, 0.2) is 28.0 Å². The highest BCUT2D eigenvalue weighted by atomic mass is 32.2. The minimum Gasteiger partial charge on any atom is -0.341 e. The molecule has 176 valence electrons. The van der Waals surface area contributed by atoms with Crippen LogP contribution in [0.4, 0.5) is 5.69 Å². The van der Waals surface area contributed by atoms with Gasteiger partial charge in [0.15, 0.2) is 5.25 Å². The van der Waals surface area contributed by atoms with Gasteiger partial charge in [-0.2, -0.15) is 0 Å². The maximum atomic E-state index is 13.0. The summed E-state index contributed by atoms with van der Waals surface area (Å²) in [4.78, 5) is 28.4. The molecule has 1 aliphatic carbocycles. The Bertz CT molecular complexity index is 935. The number of rotatable bonds is 4. The standard InChI is InChI=1S/C23H33N3O4S2/c27-22-21(23(28)26-14-8-4-5-9-15-26)31-20-13-12-18(16-19(20)24-22)32(29,30)25-17-10-6-2-1-3-7-11-17/h12-13,16-17,21,25H,1-11,14-15H2,(H,24,27). The van der Waals surface area contributed by atoms with Crippen LogP contribution in [0.1, 0.15) is 70.6 Å². The van der Waals surface area contributed by atoms with Crippen LogP contribution in [0.2, 0.25) is 0 Å². The number of carbonyl (C=O) groups is 2. The van der Waals surface area contributed by atoms with E-state index < -0.39 is 15.3 Å². The molecular formula is C23H33N3O4S2. The molecule has 0 bridgehead atoms. The predicted molar refractivity (Wildman–Crippen MR) is 126 cm³/mol. The van der Waals surface area contributed by atoms with E-state index in [1.54, 1.807) is 17.0 Å². The maximum Gasteiger partial charge on any atom is 0.247 e. The van der Waals surface area contributed by atoms with Crippen LogP contribution in [0.3, 0.4) is 0 Å². The molecule has 2 heterocycles. The molecule has 1 unspecified atom stereocenters. The van der Waals surface area contributed by atoms with Gasteiger partial charge in [-0.25, -0.2) is 13.1 Å². The lowest BCUT2D eigenvalue weighted by Crippen LogP contribution is -2.45. The number of anilines is 1. The lowest BCUT2D eigenvalue weighted by Gasteiger charge is -2.29. The van der Waals surface area contributed by atoms with Crippen molar-refractivity contribution in [2.45, 2.75) is 91.7 Å². The lowest BCUT2D eigenvalue weighted by atomic mass is 9.97. The van der Waals surface area contributed by atoms with Crippen molar-refractivity contribution in [1.29, 1.82) is 0 Å². The summed E-state index contributed by atoms with van der Waals surface area (Å²) in [6.45, 7) is 1.39. The first-order chi connectivity index (χ1) is 15.4. The average molecular weight is 480 g/mol. The summed E-state index contributed by atoms with van der Waals surface area (Å²) in [5.41, 5.74) is 0.459. The highest BCUT2D eigenvalue weighted by Crippen LogP contribution is 2.38. The van der Waals surface area contributed by atoms with Crippen molar-refractivity contribution < 1.29 is 18.0 Å². The first-order valence-electron chi connectivity index (χ1n) is 11.9. The number of likely N-dealkylation sites (tertiary alicyclic amines) is 1. The molecule has 3 aliphatic rings. The SMILES string of the molecule is O=C1Nc2cc(S(=O)(=O)NC3CCCCCCC3)ccc2SC1C(=O)N1CCCCCC1. The molecule has 7 nitrogen and oxygen atoms in total. The molecule has 32 heavy (non-hydrogen) atoms. The molecule has 1 saturated heterocycles. The first-order valence-corrected chi connectivity index (χ1v) is 14.2. The Hall–Kier alpha value is -1.58. The summed E-state index contributed by atoms with van der Waals surface area (Å²) >= 11 is 1.22. The molecular weight excluding hydrogens is 446 g/mol.